The van der Waals surface area contributed by atoms with E-state index in [2.05, 4.69) is 21.3 Å². The Morgan fingerprint density at radius 3 is 2.55 bits per heavy atom. The van der Waals surface area contributed by atoms with Gasteiger partial charge in [-0.25, -0.2) is 4.98 Å². The van der Waals surface area contributed by atoms with Gasteiger partial charge < -0.3 is 15.0 Å². The van der Waals surface area contributed by atoms with Crippen LogP contribution in [-0.4, -0.2) is 60.5 Å². The third-order valence-corrected chi connectivity index (χ3v) is 6.56. The predicted octanol–water partition coefficient (Wildman–Crippen LogP) is 4.62. The van der Waals surface area contributed by atoms with Crippen LogP contribution in [0.1, 0.15) is 54.1 Å². The van der Waals surface area contributed by atoms with Crippen molar-refractivity contribution in [2.24, 2.45) is 0 Å². The van der Waals surface area contributed by atoms with Crippen LogP contribution in [0.3, 0.4) is 0 Å². The summed E-state index contributed by atoms with van der Waals surface area (Å²) >= 11 is 6.53. The SMILES string of the molecule is COc1ccccc1C(CNc1ncc(C(=O)N2CCCCC2)cc1Cl)N1CCCC1. The summed E-state index contributed by atoms with van der Waals surface area (Å²) in [5.74, 6) is 1.52. The molecule has 0 saturated carbocycles. The number of nitrogens with one attached hydrogen (secondary N) is 1. The lowest BCUT2D eigenvalue weighted by Gasteiger charge is -2.29. The predicted molar refractivity (Wildman–Crippen MR) is 124 cm³/mol. The van der Waals surface area contributed by atoms with E-state index in [0.717, 1.165) is 50.3 Å². The van der Waals surface area contributed by atoms with Crippen molar-refractivity contribution in [1.82, 2.24) is 14.8 Å². The highest BCUT2D eigenvalue weighted by molar-refractivity contribution is 6.33. The molecule has 2 aromatic rings. The summed E-state index contributed by atoms with van der Waals surface area (Å²) in [4.78, 5) is 21.6. The molecule has 3 heterocycles. The van der Waals surface area contributed by atoms with Gasteiger partial charge in [-0.15, -0.1) is 0 Å². The number of para-hydroxylation sites is 1. The Balaban J connectivity index is 1.48. The Hall–Kier alpha value is -2.31. The summed E-state index contributed by atoms with van der Waals surface area (Å²) in [5.41, 5.74) is 1.71. The molecule has 1 amide bonds. The van der Waals surface area contributed by atoms with Gasteiger partial charge in [0.15, 0.2) is 0 Å². The third kappa shape index (κ3) is 5.13. The molecule has 0 bridgehead atoms. The minimum absolute atomic E-state index is 0.0182. The largest absolute Gasteiger partial charge is 0.496 e. The maximum absolute atomic E-state index is 12.7. The van der Waals surface area contributed by atoms with Crippen molar-refractivity contribution in [3.8, 4) is 5.75 Å². The van der Waals surface area contributed by atoms with Crippen molar-refractivity contribution < 1.29 is 9.53 Å². The molecule has 2 fully saturated rings. The molecule has 4 rings (SSSR count). The van der Waals surface area contributed by atoms with Crippen LogP contribution in [0.4, 0.5) is 5.82 Å². The second-order valence-electron chi connectivity index (χ2n) is 8.29. The normalized spacial score (nSPS) is 18.1. The number of ether oxygens (including phenoxy) is 1. The minimum atomic E-state index is 0.0182. The van der Waals surface area contributed by atoms with Gasteiger partial charge in [-0.1, -0.05) is 29.8 Å². The number of hydrogen-bond donors (Lipinski definition) is 1. The molecule has 2 saturated heterocycles. The van der Waals surface area contributed by atoms with E-state index >= 15 is 0 Å². The second-order valence-corrected chi connectivity index (χ2v) is 8.70. The molecular weight excluding hydrogens is 412 g/mol. The van der Waals surface area contributed by atoms with Crippen molar-refractivity contribution in [1.29, 1.82) is 0 Å². The highest BCUT2D eigenvalue weighted by atomic mass is 35.5. The van der Waals surface area contributed by atoms with Crippen LogP contribution in [0.5, 0.6) is 5.75 Å². The number of likely N-dealkylation sites (tertiary alicyclic amines) is 2. The Morgan fingerprint density at radius 1 is 1.13 bits per heavy atom. The number of nitrogens with zero attached hydrogens (tertiary/aromatic N) is 3. The van der Waals surface area contributed by atoms with Crippen molar-refractivity contribution in [3.05, 3.63) is 52.7 Å². The van der Waals surface area contributed by atoms with Gasteiger partial charge in [0.05, 0.1) is 23.7 Å². The number of piperidine rings is 1. The zero-order valence-electron chi connectivity index (χ0n) is 18.1. The van der Waals surface area contributed by atoms with Crippen molar-refractivity contribution in [2.45, 2.75) is 38.1 Å². The minimum Gasteiger partial charge on any atom is -0.496 e. The van der Waals surface area contributed by atoms with Crippen LogP contribution in [0.25, 0.3) is 0 Å². The molecule has 2 aliphatic heterocycles. The number of carbonyl (C=O) groups is 1. The Labute approximate surface area is 189 Å². The molecule has 1 unspecified atom stereocenters. The summed E-state index contributed by atoms with van der Waals surface area (Å²) in [6, 6.07) is 10.1. The van der Waals surface area contributed by atoms with E-state index < -0.39 is 0 Å². The van der Waals surface area contributed by atoms with E-state index in [1.54, 1.807) is 19.4 Å². The highest BCUT2D eigenvalue weighted by Crippen LogP contribution is 2.32. The van der Waals surface area contributed by atoms with E-state index in [4.69, 9.17) is 16.3 Å². The Morgan fingerprint density at radius 2 is 1.84 bits per heavy atom. The first-order valence-electron chi connectivity index (χ1n) is 11.2. The van der Waals surface area contributed by atoms with Crippen LogP contribution in [-0.2, 0) is 0 Å². The maximum atomic E-state index is 12.7. The number of anilines is 1. The van der Waals surface area contributed by atoms with E-state index in [0.29, 0.717) is 22.9 Å². The van der Waals surface area contributed by atoms with E-state index in [9.17, 15) is 4.79 Å². The topological polar surface area (TPSA) is 57.7 Å². The molecule has 7 heteroatoms. The van der Waals surface area contributed by atoms with Gasteiger partial charge in [0.25, 0.3) is 5.91 Å². The van der Waals surface area contributed by atoms with E-state index in [1.807, 2.05) is 23.1 Å². The summed E-state index contributed by atoms with van der Waals surface area (Å²) in [5, 5.41) is 3.90. The summed E-state index contributed by atoms with van der Waals surface area (Å²) in [6.45, 7) is 4.41. The molecule has 0 aliphatic carbocycles. The maximum Gasteiger partial charge on any atom is 0.255 e. The van der Waals surface area contributed by atoms with Crippen LogP contribution in [0, 0.1) is 0 Å². The fourth-order valence-electron chi connectivity index (χ4n) is 4.59. The average Bonchev–Trinajstić information content (AvgIpc) is 3.35. The standard InChI is InChI=1S/C24H31ClN4O2/c1-31-22-10-4-3-9-19(22)21(28-11-7-8-12-28)17-27-23-20(25)15-18(16-26-23)24(30)29-13-5-2-6-14-29/h3-4,9-10,15-16,21H,2,5-8,11-14,17H2,1H3,(H,26,27). The van der Waals surface area contributed by atoms with Crippen LogP contribution >= 0.6 is 11.6 Å². The molecule has 2 aliphatic rings. The quantitative estimate of drug-likeness (QED) is 0.678. The molecule has 1 atom stereocenters. The van der Waals surface area contributed by atoms with E-state index in [-0.39, 0.29) is 11.9 Å². The second kappa shape index (κ2) is 10.3. The number of methoxy groups -OCH3 is 1. The number of rotatable bonds is 7. The van der Waals surface area contributed by atoms with Gasteiger partial charge in [0.2, 0.25) is 0 Å². The number of pyridine rings is 1. The number of hydrogen-bond acceptors (Lipinski definition) is 5. The number of halogens is 1. The molecule has 1 N–H and O–H groups in total. The van der Waals surface area contributed by atoms with Gasteiger partial charge in [-0.05, 0) is 57.3 Å². The van der Waals surface area contributed by atoms with Crippen LogP contribution in [0.15, 0.2) is 36.5 Å². The fraction of sp³-hybridized carbons (Fsp3) is 0.500. The zero-order chi connectivity index (χ0) is 21.6. The van der Waals surface area contributed by atoms with Gasteiger partial charge >= 0.3 is 0 Å². The summed E-state index contributed by atoms with van der Waals surface area (Å²) in [6.07, 6.45) is 7.37. The average molecular weight is 443 g/mol. The molecule has 166 valence electrons. The van der Waals surface area contributed by atoms with Gasteiger partial charge in [-0.2, -0.15) is 0 Å². The lowest BCUT2D eigenvalue weighted by molar-refractivity contribution is 0.0724. The molecule has 6 nitrogen and oxygen atoms in total. The first-order chi connectivity index (χ1) is 15.2. The molecule has 31 heavy (non-hydrogen) atoms. The van der Waals surface area contributed by atoms with Gasteiger partial charge in [0.1, 0.15) is 11.6 Å². The molecule has 1 aromatic carbocycles. The monoisotopic (exact) mass is 442 g/mol. The smallest absolute Gasteiger partial charge is 0.255 e. The molecule has 0 radical (unpaired) electrons. The highest BCUT2D eigenvalue weighted by Gasteiger charge is 2.26. The Kier molecular flexibility index (Phi) is 7.30. The molecular formula is C24H31ClN4O2. The van der Waals surface area contributed by atoms with Crippen LogP contribution < -0.4 is 10.1 Å². The number of benzene rings is 1. The molecule has 0 spiro atoms. The molecule has 1 aromatic heterocycles. The first kappa shape index (κ1) is 21.9. The Bertz CT molecular complexity index is 895. The fourth-order valence-corrected chi connectivity index (χ4v) is 4.82. The number of aromatic nitrogens is 1. The first-order valence-corrected chi connectivity index (χ1v) is 11.6. The van der Waals surface area contributed by atoms with Crippen LogP contribution in [0.2, 0.25) is 5.02 Å². The van der Waals surface area contributed by atoms with Crippen molar-refractivity contribution in [2.75, 3.05) is 45.2 Å². The van der Waals surface area contributed by atoms with Crippen molar-refractivity contribution in [3.63, 3.8) is 0 Å². The number of carbonyl (C=O) groups excluding carboxylic acids is 1. The van der Waals surface area contributed by atoms with Gasteiger partial charge in [0, 0.05) is 31.4 Å². The van der Waals surface area contributed by atoms with E-state index in [1.165, 1.54) is 19.3 Å². The summed E-state index contributed by atoms with van der Waals surface area (Å²) in [7, 11) is 1.71. The zero-order valence-corrected chi connectivity index (χ0v) is 18.9. The lowest BCUT2D eigenvalue weighted by atomic mass is 10.0. The summed E-state index contributed by atoms with van der Waals surface area (Å²) < 4.78 is 5.62. The van der Waals surface area contributed by atoms with Gasteiger partial charge in [-0.3, -0.25) is 9.69 Å². The third-order valence-electron chi connectivity index (χ3n) is 6.27. The number of amides is 1. The lowest BCUT2D eigenvalue weighted by Crippen LogP contribution is -2.35. The van der Waals surface area contributed by atoms with Crippen molar-refractivity contribution >= 4 is 23.3 Å².